The molecule has 0 aliphatic heterocycles. The number of hydrogen-bond acceptors (Lipinski definition) is 2. The zero-order chi connectivity index (χ0) is 16.6. The van der Waals surface area contributed by atoms with Crippen molar-refractivity contribution in [3.8, 4) is 0 Å². The number of aryl methyl sites for hydroxylation is 1. The van der Waals surface area contributed by atoms with Gasteiger partial charge < -0.3 is 10.3 Å². The number of H-pyrrole nitrogens is 1. The second kappa shape index (κ2) is 5.86. The summed E-state index contributed by atoms with van der Waals surface area (Å²) in [6, 6.07) is 5.08. The Labute approximate surface area is 131 Å². The van der Waals surface area contributed by atoms with E-state index in [2.05, 4.69) is 15.3 Å². The van der Waals surface area contributed by atoms with E-state index >= 15 is 0 Å². The average molecular weight is 325 g/mol. The van der Waals surface area contributed by atoms with Crippen LogP contribution in [-0.4, -0.2) is 22.1 Å². The highest BCUT2D eigenvalue weighted by Gasteiger charge is 2.48. The highest BCUT2D eigenvalue weighted by atomic mass is 19.4. The molecule has 4 nitrogen and oxygen atoms in total. The third kappa shape index (κ3) is 3.33. The maximum Gasteiger partial charge on any atom is 0.392 e. The summed E-state index contributed by atoms with van der Waals surface area (Å²) in [5, 5.41) is 2.63. The van der Waals surface area contributed by atoms with Crippen LogP contribution in [0.4, 0.5) is 18.9 Å². The van der Waals surface area contributed by atoms with Crippen molar-refractivity contribution in [2.75, 3.05) is 5.32 Å². The zero-order valence-electron chi connectivity index (χ0n) is 12.7. The monoisotopic (exact) mass is 325 g/mol. The van der Waals surface area contributed by atoms with Gasteiger partial charge in [-0.15, -0.1) is 0 Å². The third-order valence-electron chi connectivity index (χ3n) is 4.39. The second-order valence-corrected chi connectivity index (χ2v) is 6.08. The van der Waals surface area contributed by atoms with Crippen molar-refractivity contribution < 1.29 is 18.0 Å². The Morgan fingerprint density at radius 1 is 1.30 bits per heavy atom. The molecule has 1 fully saturated rings. The van der Waals surface area contributed by atoms with E-state index in [4.69, 9.17) is 0 Å². The number of anilines is 1. The van der Waals surface area contributed by atoms with Gasteiger partial charge in [-0.3, -0.25) is 4.79 Å². The molecule has 2 atom stereocenters. The fourth-order valence-electron chi connectivity index (χ4n) is 3.29. The molecule has 1 saturated carbocycles. The number of aromatic amines is 1. The van der Waals surface area contributed by atoms with Crippen LogP contribution in [0.1, 0.15) is 31.5 Å². The number of nitrogens with one attached hydrogen (secondary N) is 2. The van der Waals surface area contributed by atoms with Gasteiger partial charge in [0.25, 0.3) is 0 Å². The molecule has 7 heteroatoms. The van der Waals surface area contributed by atoms with E-state index in [0.717, 1.165) is 16.9 Å². The van der Waals surface area contributed by atoms with Crippen LogP contribution in [0.2, 0.25) is 0 Å². The molecule has 1 aliphatic carbocycles. The smallest absolute Gasteiger partial charge is 0.342 e. The predicted molar refractivity (Wildman–Crippen MR) is 81.0 cm³/mol. The summed E-state index contributed by atoms with van der Waals surface area (Å²) in [4.78, 5) is 19.6. The molecule has 23 heavy (non-hydrogen) atoms. The first-order chi connectivity index (χ1) is 10.8. The Balaban J connectivity index is 1.78. The number of fused-ring (bicyclic) bond motifs is 1. The quantitative estimate of drug-likeness (QED) is 0.870. The number of amides is 1. The Kier molecular flexibility index (Phi) is 4.04. The van der Waals surface area contributed by atoms with Gasteiger partial charge in [-0.1, -0.05) is 12.8 Å². The lowest BCUT2D eigenvalue weighted by Gasteiger charge is -2.31. The van der Waals surface area contributed by atoms with E-state index in [1.165, 1.54) is 0 Å². The van der Waals surface area contributed by atoms with E-state index in [0.29, 0.717) is 18.5 Å². The molecule has 2 N–H and O–H groups in total. The first-order valence-corrected chi connectivity index (χ1v) is 7.68. The zero-order valence-corrected chi connectivity index (χ0v) is 12.7. The lowest BCUT2D eigenvalue weighted by Crippen LogP contribution is -2.39. The van der Waals surface area contributed by atoms with Crippen LogP contribution in [0.25, 0.3) is 11.0 Å². The van der Waals surface area contributed by atoms with Crippen molar-refractivity contribution in [3.05, 3.63) is 24.0 Å². The number of hydrogen-bond donors (Lipinski definition) is 2. The molecular formula is C16H18F3N3O. The summed E-state index contributed by atoms with van der Waals surface area (Å²) in [6.07, 6.45) is -2.84. The predicted octanol–water partition coefficient (Wildman–Crippen LogP) is 4.18. The number of carbonyl (C=O) groups is 1. The van der Waals surface area contributed by atoms with Gasteiger partial charge in [0.15, 0.2) is 0 Å². The van der Waals surface area contributed by atoms with Gasteiger partial charge in [-0.2, -0.15) is 13.2 Å². The summed E-state index contributed by atoms with van der Waals surface area (Å²) < 4.78 is 39.3. The summed E-state index contributed by atoms with van der Waals surface area (Å²) in [5.74, 6) is -2.37. The number of benzene rings is 1. The molecule has 0 bridgehead atoms. The molecule has 1 aromatic heterocycles. The highest BCUT2D eigenvalue weighted by molar-refractivity contribution is 5.94. The third-order valence-corrected chi connectivity index (χ3v) is 4.39. The average Bonchev–Trinajstić information content (AvgIpc) is 2.85. The van der Waals surface area contributed by atoms with Crippen LogP contribution in [0.3, 0.4) is 0 Å². The van der Waals surface area contributed by atoms with E-state index in [1.807, 2.05) is 6.92 Å². The summed E-state index contributed by atoms with van der Waals surface area (Å²) in [6.45, 7) is 1.81. The van der Waals surface area contributed by atoms with E-state index in [1.54, 1.807) is 18.2 Å². The number of carbonyl (C=O) groups excluding carboxylic acids is 1. The normalized spacial score (nSPS) is 22.3. The molecule has 3 rings (SSSR count). The number of halogens is 3. The number of aromatic nitrogens is 2. The largest absolute Gasteiger partial charge is 0.392 e. The maximum atomic E-state index is 13.1. The van der Waals surface area contributed by atoms with Crippen molar-refractivity contribution in [2.45, 2.75) is 38.8 Å². The van der Waals surface area contributed by atoms with Crippen molar-refractivity contribution >= 4 is 22.6 Å². The number of nitrogens with zero attached hydrogens (tertiary/aromatic N) is 1. The van der Waals surface area contributed by atoms with Crippen molar-refractivity contribution in [1.82, 2.24) is 9.97 Å². The highest BCUT2D eigenvalue weighted by Crippen LogP contribution is 2.41. The van der Waals surface area contributed by atoms with Gasteiger partial charge in [0.1, 0.15) is 5.82 Å². The minimum atomic E-state index is -4.33. The first-order valence-electron chi connectivity index (χ1n) is 7.68. The van der Waals surface area contributed by atoms with Crippen molar-refractivity contribution in [2.24, 2.45) is 11.8 Å². The first kappa shape index (κ1) is 15.8. The molecule has 1 aromatic carbocycles. The van der Waals surface area contributed by atoms with Gasteiger partial charge in [0.05, 0.1) is 17.0 Å². The van der Waals surface area contributed by atoms with Crippen LogP contribution in [0.15, 0.2) is 18.2 Å². The number of rotatable bonds is 2. The summed E-state index contributed by atoms with van der Waals surface area (Å²) >= 11 is 0. The second-order valence-electron chi connectivity index (χ2n) is 6.08. The molecule has 2 aromatic rings. The molecule has 1 heterocycles. The Hall–Kier alpha value is -2.05. The van der Waals surface area contributed by atoms with Gasteiger partial charge in [-0.05, 0) is 38.0 Å². The van der Waals surface area contributed by atoms with E-state index < -0.39 is 23.9 Å². The number of imidazole rings is 1. The van der Waals surface area contributed by atoms with E-state index in [-0.39, 0.29) is 12.8 Å². The standard InChI is InChI=1S/C16H18F3N3O/c1-9-20-13-7-6-10(8-14(13)21-9)22-15(23)11-4-2-3-5-12(11)16(17,18)19/h6-8,11-12H,2-5H2,1H3,(H,20,21)(H,22,23)/t11-,12-/m1/s1. The Morgan fingerprint density at radius 2 is 2.04 bits per heavy atom. The SMILES string of the molecule is Cc1nc2ccc(NC(=O)[C@@H]3CCCC[C@H]3C(F)(F)F)cc2[nH]1. The van der Waals surface area contributed by atoms with Crippen molar-refractivity contribution in [3.63, 3.8) is 0 Å². The molecule has 0 radical (unpaired) electrons. The summed E-state index contributed by atoms with van der Waals surface area (Å²) in [7, 11) is 0. The topological polar surface area (TPSA) is 57.8 Å². The van der Waals surface area contributed by atoms with Crippen LogP contribution < -0.4 is 5.32 Å². The molecule has 0 spiro atoms. The van der Waals surface area contributed by atoms with Gasteiger partial charge in [0.2, 0.25) is 5.91 Å². The van der Waals surface area contributed by atoms with Gasteiger partial charge in [0, 0.05) is 11.6 Å². The van der Waals surface area contributed by atoms with Crippen LogP contribution in [0.5, 0.6) is 0 Å². The van der Waals surface area contributed by atoms with E-state index in [9.17, 15) is 18.0 Å². The lowest BCUT2D eigenvalue weighted by atomic mass is 9.78. The molecule has 1 aliphatic rings. The van der Waals surface area contributed by atoms with Crippen LogP contribution >= 0.6 is 0 Å². The van der Waals surface area contributed by atoms with Crippen LogP contribution in [0, 0.1) is 18.8 Å². The van der Waals surface area contributed by atoms with Crippen molar-refractivity contribution in [1.29, 1.82) is 0 Å². The molecule has 0 unspecified atom stereocenters. The fraction of sp³-hybridized carbons (Fsp3) is 0.500. The summed E-state index contributed by atoms with van der Waals surface area (Å²) in [5.41, 5.74) is 1.99. The maximum absolute atomic E-state index is 13.1. The lowest BCUT2D eigenvalue weighted by molar-refractivity contribution is -0.197. The Bertz CT molecular complexity index is 723. The fourth-order valence-corrected chi connectivity index (χ4v) is 3.29. The molecule has 124 valence electrons. The Morgan fingerprint density at radius 3 is 2.78 bits per heavy atom. The molecule has 1 amide bonds. The van der Waals surface area contributed by atoms with Gasteiger partial charge >= 0.3 is 6.18 Å². The minimum absolute atomic E-state index is 0.0281. The molecular weight excluding hydrogens is 307 g/mol. The van der Waals surface area contributed by atoms with Crippen LogP contribution in [-0.2, 0) is 4.79 Å². The number of alkyl halides is 3. The van der Waals surface area contributed by atoms with Gasteiger partial charge in [-0.25, -0.2) is 4.98 Å². The molecule has 0 saturated heterocycles. The minimum Gasteiger partial charge on any atom is -0.342 e.